The van der Waals surface area contributed by atoms with E-state index < -0.39 is 0 Å². The van der Waals surface area contributed by atoms with Crippen molar-refractivity contribution >= 4 is 11.8 Å². The van der Waals surface area contributed by atoms with Crippen molar-refractivity contribution in [1.29, 1.82) is 0 Å². The highest BCUT2D eigenvalue weighted by atomic mass is 32.2. The minimum atomic E-state index is 0.447. The Morgan fingerprint density at radius 1 is 1.56 bits per heavy atom. The summed E-state index contributed by atoms with van der Waals surface area (Å²) >= 11 is 1.93. The van der Waals surface area contributed by atoms with E-state index in [-0.39, 0.29) is 0 Å². The van der Waals surface area contributed by atoms with Crippen molar-refractivity contribution in [1.82, 2.24) is 15.1 Å². The van der Waals surface area contributed by atoms with E-state index in [2.05, 4.69) is 36.7 Å². The van der Waals surface area contributed by atoms with Crippen molar-refractivity contribution in [3.05, 3.63) is 18.0 Å². The Morgan fingerprint density at radius 2 is 2.31 bits per heavy atom. The Morgan fingerprint density at radius 3 is 2.81 bits per heavy atom. The van der Waals surface area contributed by atoms with Gasteiger partial charge in [-0.05, 0) is 25.6 Å². The quantitative estimate of drug-likeness (QED) is 0.796. The number of thioether (sulfide) groups is 1. The molecule has 1 rings (SSSR count). The van der Waals surface area contributed by atoms with Crippen molar-refractivity contribution in [2.24, 2.45) is 7.05 Å². The molecule has 1 aromatic rings. The van der Waals surface area contributed by atoms with Crippen molar-refractivity contribution in [2.75, 3.05) is 12.8 Å². The maximum Gasteiger partial charge on any atom is 0.0537 e. The lowest BCUT2D eigenvalue weighted by Crippen LogP contribution is -2.23. The van der Waals surface area contributed by atoms with E-state index in [4.69, 9.17) is 0 Å². The van der Waals surface area contributed by atoms with E-state index in [0.29, 0.717) is 6.04 Å². The van der Waals surface area contributed by atoms with E-state index in [1.807, 2.05) is 29.7 Å². The van der Waals surface area contributed by atoms with Gasteiger partial charge in [-0.3, -0.25) is 4.68 Å². The first kappa shape index (κ1) is 13.6. The van der Waals surface area contributed by atoms with Crippen LogP contribution in [0.5, 0.6) is 0 Å². The molecule has 1 N–H and O–H groups in total. The molecule has 1 aromatic heterocycles. The summed E-state index contributed by atoms with van der Waals surface area (Å²) in [5.41, 5.74) is 1.29. The average Bonchev–Trinajstić information content (AvgIpc) is 2.70. The predicted octanol–water partition coefficient (Wildman–Crippen LogP) is 2.60. The van der Waals surface area contributed by atoms with Crippen LogP contribution in [0, 0.1) is 0 Å². The van der Waals surface area contributed by atoms with E-state index in [0.717, 1.165) is 18.2 Å². The van der Waals surface area contributed by atoms with Gasteiger partial charge in [-0.25, -0.2) is 0 Å². The molecule has 1 heterocycles. The minimum absolute atomic E-state index is 0.447. The fraction of sp³-hybridized carbons (Fsp3) is 0.750. The molecule has 0 aliphatic rings. The van der Waals surface area contributed by atoms with Crippen LogP contribution in [0.4, 0.5) is 0 Å². The maximum atomic E-state index is 4.22. The molecule has 16 heavy (non-hydrogen) atoms. The van der Waals surface area contributed by atoms with Crippen LogP contribution in [-0.2, 0) is 7.05 Å². The molecule has 0 aliphatic carbocycles. The molecule has 0 amide bonds. The molecular weight excluding hydrogens is 218 g/mol. The van der Waals surface area contributed by atoms with Crippen LogP contribution in [0.3, 0.4) is 0 Å². The molecule has 0 radical (unpaired) electrons. The van der Waals surface area contributed by atoms with Gasteiger partial charge in [-0.1, -0.05) is 13.8 Å². The number of hydrogen-bond donors (Lipinski definition) is 1. The summed E-state index contributed by atoms with van der Waals surface area (Å²) in [5.74, 6) is 0. The van der Waals surface area contributed by atoms with Crippen LogP contribution >= 0.6 is 11.8 Å². The monoisotopic (exact) mass is 241 g/mol. The second-order valence-electron chi connectivity index (χ2n) is 4.20. The van der Waals surface area contributed by atoms with Gasteiger partial charge in [0, 0.05) is 30.1 Å². The Bertz CT molecular complexity index is 298. The Labute approximate surface area is 103 Å². The van der Waals surface area contributed by atoms with Crippen molar-refractivity contribution in [3.8, 4) is 0 Å². The van der Waals surface area contributed by atoms with Gasteiger partial charge in [0.1, 0.15) is 0 Å². The summed E-state index contributed by atoms with van der Waals surface area (Å²) in [6.07, 6.45) is 8.55. The first-order valence-electron chi connectivity index (χ1n) is 5.92. The lowest BCUT2D eigenvalue weighted by atomic mass is 10.1. The third-order valence-electron chi connectivity index (χ3n) is 2.88. The van der Waals surface area contributed by atoms with E-state index in [1.54, 1.807) is 0 Å². The van der Waals surface area contributed by atoms with Crippen LogP contribution in [0.15, 0.2) is 12.4 Å². The smallest absolute Gasteiger partial charge is 0.0537 e. The molecule has 0 bridgehead atoms. The Kier molecular flexibility index (Phi) is 5.91. The lowest BCUT2D eigenvalue weighted by molar-refractivity contribution is 0.510. The van der Waals surface area contributed by atoms with Gasteiger partial charge in [-0.2, -0.15) is 16.9 Å². The summed E-state index contributed by atoms with van der Waals surface area (Å²) in [7, 11) is 1.96. The van der Waals surface area contributed by atoms with E-state index in [1.165, 1.54) is 12.0 Å². The average molecular weight is 241 g/mol. The van der Waals surface area contributed by atoms with Gasteiger partial charge in [0.25, 0.3) is 0 Å². The zero-order valence-electron chi connectivity index (χ0n) is 10.7. The first-order valence-corrected chi connectivity index (χ1v) is 7.20. The number of rotatable bonds is 7. The third-order valence-corrected chi connectivity index (χ3v) is 3.92. The molecule has 92 valence electrons. The number of nitrogens with zero attached hydrogens (tertiary/aromatic N) is 2. The minimum Gasteiger partial charge on any atom is -0.310 e. The fourth-order valence-corrected chi connectivity index (χ4v) is 2.05. The molecule has 0 aromatic carbocycles. The largest absolute Gasteiger partial charge is 0.310 e. The number of aryl methyl sites for hydroxylation is 1. The summed E-state index contributed by atoms with van der Waals surface area (Å²) in [5, 5.41) is 8.55. The van der Waals surface area contributed by atoms with E-state index in [9.17, 15) is 0 Å². The van der Waals surface area contributed by atoms with Gasteiger partial charge in [0.2, 0.25) is 0 Å². The summed E-state index contributed by atoms with van der Waals surface area (Å²) in [4.78, 5) is 0. The van der Waals surface area contributed by atoms with Gasteiger partial charge in [0.05, 0.1) is 6.20 Å². The van der Waals surface area contributed by atoms with Gasteiger partial charge in [0.15, 0.2) is 0 Å². The standard InChI is InChI=1S/C12H23N3S/c1-5-12(11-8-14-15(3)9-11)13-7-6-10(2)16-4/h8-10,12-13H,5-7H2,1-4H3. The predicted molar refractivity (Wildman–Crippen MR) is 71.8 cm³/mol. The second kappa shape index (κ2) is 6.97. The summed E-state index contributed by atoms with van der Waals surface area (Å²) in [6.45, 7) is 5.56. The Balaban J connectivity index is 2.38. The summed E-state index contributed by atoms with van der Waals surface area (Å²) in [6, 6.07) is 0.447. The zero-order valence-corrected chi connectivity index (χ0v) is 11.5. The topological polar surface area (TPSA) is 29.9 Å². The highest BCUT2D eigenvalue weighted by molar-refractivity contribution is 7.99. The molecule has 0 saturated heterocycles. The van der Waals surface area contributed by atoms with Crippen LogP contribution in [-0.4, -0.2) is 27.8 Å². The maximum absolute atomic E-state index is 4.22. The molecule has 2 atom stereocenters. The number of aromatic nitrogens is 2. The van der Waals surface area contributed by atoms with Crippen molar-refractivity contribution in [3.63, 3.8) is 0 Å². The second-order valence-corrected chi connectivity index (χ2v) is 5.47. The first-order chi connectivity index (χ1) is 7.67. The molecule has 3 nitrogen and oxygen atoms in total. The molecule has 0 spiro atoms. The normalized spacial score (nSPS) is 15.0. The van der Waals surface area contributed by atoms with Crippen LogP contribution in [0.1, 0.15) is 38.3 Å². The van der Waals surface area contributed by atoms with E-state index >= 15 is 0 Å². The zero-order chi connectivity index (χ0) is 12.0. The molecule has 0 saturated carbocycles. The molecule has 0 fully saturated rings. The van der Waals surface area contributed by atoms with Gasteiger partial charge < -0.3 is 5.32 Å². The SMILES string of the molecule is CCC(NCCC(C)SC)c1cnn(C)c1. The molecule has 2 unspecified atom stereocenters. The van der Waals surface area contributed by atoms with Crippen LogP contribution < -0.4 is 5.32 Å². The van der Waals surface area contributed by atoms with Gasteiger partial charge in [-0.15, -0.1) is 0 Å². The molecule has 0 aliphatic heterocycles. The number of hydrogen-bond acceptors (Lipinski definition) is 3. The van der Waals surface area contributed by atoms with Gasteiger partial charge >= 0.3 is 0 Å². The molecular formula is C12H23N3S. The van der Waals surface area contributed by atoms with Crippen LogP contribution in [0.25, 0.3) is 0 Å². The lowest BCUT2D eigenvalue weighted by Gasteiger charge is -2.16. The summed E-state index contributed by atoms with van der Waals surface area (Å²) < 4.78 is 1.87. The number of nitrogens with one attached hydrogen (secondary N) is 1. The van der Waals surface area contributed by atoms with Crippen molar-refractivity contribution in [2.45, 2.75) is 38.0 Å². The third kappa shape index (κ3) is 4.18. The fourth-order valence-electron chi connectivity index (χ4n) is 1.70. The molecule has 4 heteroatoms. The highest BCUT2D eigenvalue weighted by Crippen LogP contribution is 2.16. The van der Waals surface area contributed by atoms with Crippen LogP contribution in [0.2, 0.25) is 0 Å². The van der Waals surface area contributed by atoms with Crippen molar-refractivity contribution < 1.29 is 0 Å². The Hall–Kier alpha value is -0.480. The highest BCUT2D eigenvalue weighted by Gasteiger charge is 2.10.